The maximum absolute atomic E-state index is 13.3. The highest BCUT2D eigenvalue weighted by Crippen LogP contribution is 2.33. The number of ether oxygens (including phenoxy) is 2. The third-order valence-electron chi connectivity index (χ3n) is 5.82. The van der Waals surface area contributed by atoms with Gasteiger partial charge in [-0.2, -0.15) is 4.80 Å². The molecule has 0 spiro atoms. The van der Waals surface area contributed by atoms with Gasteiger partial charge in [-0.05, 0) is 29.8 Å². The largest absolute Gasteiger partial charge is 0.497 e. The predicted molar refractivity (Wildman–Crippen MR) is 120 cm³/mol. The molecule has 1 fully saturated rings. The van der Waals surface area contributed by atoms with E-state index >= 15 is 0 Å². The number of carbonyl (C=O) groups excluding carboxylic acids is 1. The molecule has 34 heavy (non-hydrogen) atoms. The Morgan fingerprint density at radius 3 is 2.53 bits per heavy atom. The standard InChI is InChI=1S/C23H26N6O5/c1-15-24-26-29(25-15)14-19-21(28(23(31)32)12-16-7-5-4-6-8-16)22(30)27(19)13-17-9-10-18(33-2)11-20(17)34-3/h4-11,19,21H,12-14H2,1-3H3,(H,31,32)/t19-,21-/m0/s1. The van der Waals surface area contributed by atoms with Crippen LogP contribution in [0.25, 0.3) is 0 Å². The van der Waals surface area contributed by atoms with Crippen LogP contribution < -0.4 is 9.47 Å². The molecule has 2 amide bonds. The molecule has 0 aliphatic carbocycles. The molecular weight excluding hydrogens is 440 g/mol. The van der Waals surface area contributed by atoms with Crippen molar-refractivity contribution in [2.45, 2.75) is 38.6 Å². The van der Waals surface area contributed by atoms with Gasteiger partial charge in [0.15, 0.2) is 5.82 Å². The number of aromatic nitrogens is 4. The summed E-state index contributed by atoms with van der Waals surface area (Å²) in [7, 11) is 3.11. The first-order chi connectivity index (χ1) is 16.4. The van der Waals surface area contributed by atoms with Crippen molar-refractivity contribution in [2.75, 3.05) is 14.2 Å². The number of rotatable bonds is 9. The maximum Gasteiger partial charge on any atom is 0.408 e. The number of aryl methyl sites for hydroxylation is 1. The van der Waals surface area contributed by atoms with Gasteiger partial charge in [-0.25, -0.2) is 4.79 Å². The minimum absolute atomic E-state index is 0.0899. The molecule has 1 N–H and O–H groups in total. The lowest BCUT2D eigenvalue weighted by atomic mass is 9.91. The van der Waals surface area contributed by atoms with Crippen LogP contribution in [0.15, 0.2) is 48.5 Å². The highest BCUT2D eigenvalue weighted by atomic mass is 16.5. The summed E-state index contributed by atoms with van der Waals surface area (Å²) >= 11 is 0. The average Bonchev–Trinajstić information content (AvgIpc) is 3.26. The molecule has 1 saturated heterocycles. The molecule has 0 radical (unpaired) electrons. The Morgan fingerprint density at radius 2 is 1.91 bits per heavy atom. The Balaban J connectivity index is 1.63. The van der Waals surface area contributed by atoms with E-state index in [0.717, 1.165) is 11.1 Å². The number of carbonyl (C=O) groups is 2. The molecule has 2 atom stereocenters. The van der Waals surface area contributed by atoms with Crippen molar-refractivity contribution in [3.8, 4) is 11.5 Å². The van der Waals surface area contributed by atoms with Crippen LogP contribution in [0.3, 0.4) is 0 Å². The minimum Gasteiger partial charge on any atom is -0.497 e. The van der Waals surface area contributed by atoms with Crippen molar-refractivity contribution < 1.29 is 24.2 Å². The van der Waals surface area contributed by atoms with E-state index < -0.39 is 18.2 Å². The zero-order chi connectivity index (χ0) is 24.2. The SMILES string of the molecule is COc1ccc(CN2C(=O)[C@@H](N(Cc3ccccc3)C(=O)O)[C@@H]2Cn2nnc(C)n2)c(OC)c1. The fourth-order valence-corrected chi connectivity index (χ4v) is 4.12. The van der Waals surface area contributed by atoms with Gasteiger partial charge in [0, 0.05) is 24.7 Å². The van der Waals surface area contributed by atoms with Gasteiger partial charge in [0.05, 0.1) is 26.8 Å². The molecule has 0 saturated carbocycles. The zero-order valence-corrected chi connectivity index (χ0v) is 19.2. The van der Waals surface area contributed by atoms with Crippen LogP contribution in [0.2, 0.25) is 0 Å². The van der Waals surface area contributed by atoms with Gasteiger partial charge in [0.1, 0.15) is 17.5 Å². The van der Waals surface area contributed by atoms with Crippen LogP contribution in [0, 0.1) is 6.92 Å². The van der Waals surface area contributed by atoms with Gasteiger partial charge >= 0.3 is 6.09 Å². The fraction of sp³-hybridized carbons (Fsp3) is 0.348. The summed E-state index contributed by atoms with van der Waals surface area (Å²) in [6, 6.07) is 13.2. The van der Waals surface area contributed by atoms with E-state index in [1.807, 2.05) is 36.4 Å². The molecule has 1 aliphatic heterocycles. The molecule has 2 aromatic carbocycles. The van der Waals surface area contributed by atoms with Crippen LogP contribution in [0.4, 0.5) is 4.79 Å². The van der Waals surface area contributed by atoms with E-state index in [4.69, 9.17) is 9.47 Å². The quantitative estimate of drug-likeness (QED) is 0.475. The number of methoxy groups -OCH3 is 2. The first kappa shape index (κ1) is 23.0. The highest BCUT2D eigenvalue weighted by Gasteiger charge is 2.52. The first-order valence-corrected chi connectivity index (χ1v) is 10.7. The number of likely N-dealkylation sites (tertiary alicyclic amines) is 1. The molecule has 178 valence electrons. The third kappa shape index (κ3) is 4.63. The summed E-state index contributed by atoms with van der Waals surface area (Å²) in [6.07, 6.45) is -1.17. The second-order valence-corrected chi connectivity index (χ2v) is 7.94. The summed E-state index contributed by atoms with van der Waals surface area (Å²) in [5, 5.41) is 22.1. The topological polar surface area (TPSA) is 123 Å². The number of β-lactam (4-membered cyclic amide) rings is 1. The zero-order valence-electron chi connectivity index (χ0n) is 19.2. The molecular formula is C23H26N6O5. The Bertz CT molecular complexity index is 1170. The van der Waals surface area contributed by atoms with E-state index in [1.54, 1.807) is 38.2 Å². The average molecular weight is 466 g/mol. The lowest BCUT2D eigenvalue weighted by Crippen LogP contribution is -2.71. The number of nitrogens with zero attached hydrogens (tertiary/aromatic N) is 6. The molecule has 3 aromatic rings. The van der Waals surface area contributed by atoms with Crippen molar-refractivity contribution in [1.82, 2.24) is 30.0 Å². The molecule has 2 heterocycles. The van der Waals surface area contributed by atoms with Crippen LogP contribution >= 0.6 is 0 Å². The van der Waals surface area contributed by atoms with Crippen molar-refractivity contribution >= 4 is 12.0 Å². The van der Waals surface area contributed by atoms with Crippen LogP contribution in [-0.4, -0.2) is 73.4 Å². The number of carboxylic acid groups (broad SMARTS) is 1. The van der Waals surface area contributed by atoms with Crippen LogP contribution in [0.1, 0.15) is 17.0 Å². The number of hydrogen-bond acceptors (Lipinski definition) is 7. The number of amides is 2. The van der Waals surface area contributed by atoms with E-state index in [0.29, 0.717) is 17.3 Å². The second-order valence-electron chi connectivity index (χ2n) is 7.94. The Morgan fingerprint density at radius 1 is 1.15 bits per heavy atom. The van der Waals surface area contributed by atoms with Gasteiger partial charge in [0.2, 0.25) is 5.91 Å². The lowest BCUT2D eigenvalue weighted by molar-refractivity contribution is -0.161. The van der Waals surface area contributed by atoms with E-state index in [9.17, 15) is 14.7 Å². The van der Waals surface area contributed by atoms with Crippen LogP contribution in [0.5, 0.6) is 11.5 Å². The summed E-state index contributed by atoms with van der Waals surface area (Å²) in [5.41, 5.74) is 1.56. The van der Waals surface area contributed by atoms with Crippen molar-refractivity contribution in [3.05, 3.63) is 65.5 Å². The summed E-state index contributed by atoms with van der Waals surface area (Å²) in [5.74, 6) is 1.40. The van der Waals surface area contributed by atoms with E-state index in [2.05, 4.69) is 15.4 Å². The summed E-state index contributed by atoms with van der Waals surface area (Å²) < 4.78 is 10.7. The summed E-state index contributed by atoms with van der Waals surface area (Å²) in [4.78, 5) is 29.7. The first-order valence-electron chi connectivity index (χ1n) is 10.7. The van der Waals surface area contributed by atoms with Gasteiger partial charge in [-0.3, -0.25) is 9.69 Å². The number of tetrazole rings is 1. The molecule has 4 rings (SSSR count). The van der Waals surface area contributed by atoms with Gasteiger partial charge in [0.25, 0.3) is 0 Å². The third-order valence-corrected chi connectivity index (χ3v) is 5.82. The van der Waals surface area contributed by atoms with Crippen LogP contribution in [-0.2, 0) is 24.4 Å². The minimum atomic E-state index is -1.17. The van der Waals surface area contributed by atoms with Crippen molar-refractivity contribution in [3.63, 3.8) is 0 Å². The smallest absolute Gasteiger partial charge is 0.408 e. The number of hydrogen-bond donors (Lipinski definition) is 1. The molecule has 11 nitrogen and oxygen atoms in total. The molecule has 1 aromatic heterocycles. The monoisotopic (exact) mass is 466 g/mol. The molecule has 11 heteroatoms. The second kappa shape index (κ2) is 9.77. The Hall–Kier alpha value is -4.15. The van der Waals surface area contributed by atoms with Gasteiger partial charge < -0.3 is 19.5 Å². The van der Waals surface area contributed by atoms with Gasteiger partial charge in [-0.1, -0.05) is 30.3 Å². The van der Waals surface area contributed by atoms with Crippen molar-refractivity contribution in [1.29, 1.82) is 0 Å². The molecule has 1 aliphatic rings. The normalized spacial score (nSPS) is 17.3. The van der Waals surface area contributed by atoms with E-state index in [1.165, 1.54) is 9.70 Å². The lowest BCUT2D eigenvalue weighted by Gasteiger charge is -2.50. The number of benzene rings is 2. The van der Waals surface area contributed by atoms with Crippen molar-refractivity contribution in [2.24, 2.45) is 0 Å². The summed E-state index contributed by atoms with van der Waals surface area (Å²) in [6.45, 7) is 2.24. The molecule has 0 unspecified atom stereocenters. The maximum atomic E-state index is 13.3. The molecule has 0 bridgehead atoms. The predicted octanol–water partition coefficient (Wildman–Crippen LogP) is 1.96. The Labute approximate surface area is 196 Å². The fourth-order valence-electron chi connectivity index (χ4n) is 4.12. The highest BCUT2D eigenvalue weighted by molar-refractivity contribution is 5.92. The van der Waals surface area contributed by atoms with Gasteiger partial charge in [-0.15, -0.1) is 10.2 Å². The van der Waals surface area contributed by atoms with E-state index in [-0.39, 0.29) is 25.5 Å². The Kier molecular flexibility index (Phi) is 6.62.